The Bertz CT molecular complexity index is 79.3. The molecular weight excluding hydrogens is 180 g/mol. The Morgan fingerprint density at radius 2 is 1.90 bits per heavy atom. The number of aliphatic hydroxyl groups excluding tert-OH is 1. The third kappa shape index (κ3) is 11.8. The number of carbonyl (C=O) groups is 1. The zero-order chi connectivity index (χ0) is 7.86. The molecule has 3 nitrogen and oxygen atoms in total. The van der Waals surface area contributed by atoms with Crippen LogP contribution in [-0.2, 0) is 4.79 Å². The molecule has 0 bridgehead atoms. The van der Waals surface area contributed by atoms with Gasteiger partial charge in [0.05, 0.1) is 5.25 Å². The summed E-state index contributed by atoms with van der Waals surface area (Å²) in [5, 5.41) is 14.6. The summed E-state index contributed by atoms with van der Waals surface area (Å²) in [5.41, 5.74) is 0. The van der Waals surface area contributed by atoms with Crippen LogP contribution in [0.5, 0.6) is 0 Å². The predicted octanol–water partition coefficient (Wildman–Crippen LogP) is -0.528. The summed E-state index contributed by atoms with van der Waals surface area (Å²) in [5.74, 6) is -0.842. The molecule has 2 N–H and O–H groups in total. The molecule has 0 fully saturated rings. The van der Waals surface area contributed by atoms with Gasteiger partial charge in [0, 0.05) is 7.11 Å². The molecule has 0 spiro atoms. The first-order chi connectivity index (χ1) is 4.18. The van der Waals surface area contributed by atoms with E-state index in [9.17, 15) is 4.79 Å². The zero-order valence-electron chi connectivity index (χ0n) is 5.53. The Hall–Kier alpha value is 1.04. The summed E-state index contributed by atoms with van der Waals surface area (Å²) >= 11 is 3.73. The van der Waals surface area contributed by atoms with Gasteiger partial charge in [0.15, 0.2) is 0 Å². The van der Waals surface area contributed by atoms with Crippen LogP contribution < -0.4 is 0 Å². The first-order valence-corrected chi connectivity index (χ1v) is 3.05. The van der Waals surface area contributed by atoms with Crippen LogP contribution in [0.15, 0.2) is 0 Å². The molecule has 0 rings (SSSR count). The summed E-state index contributed by atoms with van der Waals surface area (Å²) in [6.07, 6.45) is 0.582. The monoisotopic (exact) mass is 194 g/mol. The Kier molecular flexibility index (Phi) is 21.9. The molecule has 0 heterocycles. The van der Waals surface area contributed by atoms with Gasteiger partial charge in [-0.25, -0.2) is 0 Å². The number of rotatable bonds is 2. The van der Waals surface area contributed by atoms with E-state index in [1.54, 1.807) is 6.92 Å². The molecular formula is C5H14CaO3S. The van der Waals surface area contributed by atoms with Crippen LogP contribution in [0.3, 0.4) is 0 Å². The minimum atomic E-state index is -0.842. The number of carboxylic acids is 1. The maximum atomic E-state index is 9.85. The second-order valence-corrected chi connectivity index (χ2v) is 1.89. The van der Waals surface area contributed by atoms with Crippen molar-refractivity contribution in [3.63, 3.8) is 0 Å². The van der Waals surface area contributed by atoms with Crippen LogP contribution in [0.25, 0.3) is 0 Å². The molecule has 5 heteroatoms. The molecule has 0 aromatic rings. The summed E-state index contributed by atoms with van der Waals surface area (Å²) in [4.78, 5) is 9.85. The van der Waals surface area contributed by atoms with Gasteiger partial charge in [-0.1, -0.05) is 6.92 Å². The van der Waals surface area contributed by atoms with Crippen molar-refractivity contribution in [2.24, 2.45) is 0 Å². The fourth-order valence-electron chi connectivity index (χ4n) is 0.175. The summed E-state index contributed by atoms with van der Waals surface area (Å²) < 4.78 is 0. The van der Waals surface area contributed by atoms with Crippen molar-refractivity contribution in [1.82, 2.24) is 0 Å². The van der Waals surface area contributed by atoms with Crippen LogP contribution >= 0.6 is 12.6 Å². The normalized spacial score (nSPS) is 10.0. The zero-order valence-corrected chi connectivity index (χ0v) is 6.43. The molecule has 0 aromatic carbocycles. The average molecular weight is 194 g/mol. The number of aliphatic hydroxyl groups is 1. The molecule has 10 heavy (non-hydrogen) atoms. The second-order valence-electron chi connectivity index (χ2n) is 1.26. The van der Waals surface area contributed by atoms with Crippen LogP contribution in [0.2, 0.25) is 0 Å². The van der Waals surface area contributed by atoms with Crippen LogP contribution in [-0.4, -0.2) is 66.3 Å². The van der Waals surface area contributed by atoms with Gasteiger partial charge >= 0.3 is 43.7 Å². The molecule has 60 valence electrons. The Labute approximate surface area is 96.2 Å². The van der Waals surface area contributed by atoms with Gasteiger partial charge < -0.3 is 10.2 Å². The number of carboxylic acid groups (broad SMARTS) is 1. The van der Waals surface area contributed by atoms with E-state index >= 15 is 0 Å². The van der Waals surface area contributed by atoms with E-state index in [4.69, 9.17) is 10.2 Å². The molecule has 0 saturated heterocycles. The van der Waals surface area contributed by atoms with Gasteiger partial charge in [0.2, 0.25) is 0 Å². The van der Waals surface area contributed by atoms with E-state index in [2.05, 4.69) is 12.6 Å². The molecule has 0 saturated carbocycles. The van der Waals surface area contributed by atoms with Crippen molar-refractivity contribution in [2.45, 2.75) is 18.6 Å². The van der Waals surface area contributed by atoms with Crippen LogP contribution in [0.4, 0.5) is 0 Å². The summed E-state index contributed by atoms with van der Waals surface area (Å²) in [7, 11) is 1.00. The van der Waals surface area contributed by atoms with Crippen molar-refractivity contribution in [2.75, 3.05) is 7.11 Å². The Morgan fingerprint density at radius 3 is 1.90 bits per heavy atom. The van der Waals surface area contributed by atoms with Crippen molar-refractivity contribution in [3.8, 4) is 0 Å². The van der Waals surface area contributed by atoms with Gasteiger partial charge in [-0.3, -0.25) is 4.79 Å². The van der Waals surface area contributed by atoms with Crippen LogP contribution in [0.1, 0.15) is 13.3 Å². The standard InChI is InChI=1S/C4H8O2S.CH4O.Ca.2H/c1-2-3(7)4(5)6;1-2;;;/h3,7H,2H2,1H3,(H,5,6);2H,1H3;;;. The van der Waals surface area contributed by atoms with Crippen molar-refractivity contribution in [3.05, 3.63) is 0 Å². The van der Waals surface area contributed by atoms with Crippen molar-refractivity contribution in [1.29, 1.82) is 0 Å². The average Bonchev–Trinajstić information content (AvgIpc) is 1.91. The number of thiol groups is 1. The first kappa shape index (κ1) is 17.2. The molecule has 0 aliphatic heterocycles. The van der Waals surface area contributed by atoms with Gasteiger partial charge in [-0.2, -0.15) is 12.6 Å². The Morgan fingerprint density at radius 1 is 1.60 bits per heavy atom. The fourth-order valence-corrected chi connectivity index (χ4v) is 0.175. The summed E-state index contributed by atoms with van der Waals surface area (Å²) in [6, 6.07) is 0. The molecule has 0 amide bonds. The third-order valence-electron chi connectivity index (χ3n) is 0.672. The van der Waals surface area contributed by atoms with Gasteiger partial charge in [0.25, 0.3) is 0 Å². The van der Waals surface area contributed by atoms with Crippen LogP contribution in [0, 0.1) is 0 Å². The van der Waals surface area contributed by atoms with Gasteiger partial charge in [0.1, 0.15) is 0 Å². The topological polar surface area (TPSA) is 57.5 Å². The first-order valence-electron chi connectivity index (χ1n) is 2.54. The molecule has 0 aliphatic carbocycles. The molecule has 0 aliphatic rings. The maximum absolute atomic E-state index is 9.85. The van der Waals surface area contributed by atoms with E-state index < -0.39 is 11.2 Å². The second kappa shape index (κ2) is 12.7. The van der Waals surface area contributed by atoms with E-state index in [-0.39, 0.29) is 37.7 Å². The van der Waals surface area contributed by atoms with Gasteiger partial charge in [-0.15, -0.1) is 0 Å². The summed E-state index contributed by atoms with van der Waals surface area (Å²) in [6.45, 7) is 1.78. The van der Waals surface area contributed by atoms with Crippen molar-refractivity contribution < 1.29 is 15.0 Å². The third-order valence-corrected chi connectivity index (χ3v) is 1.26. The number of hydrogen-bond acceptors (Lipinski definition) is 3. The van der Waals surface area contributed by atoms with E-state index in [0.29, 0.717) is 6.42 Å². The molecule has 1 atom stereocenters. The van der Waals surface area contributed by atoms with Crippen molar-refractivity contribution >= 4 is 56.3 Å². The van der Waals surface area contributed by atoms with E-state index in [1.807, 2.05) is 0 Å². The molecule has 1 unspecified atom stereocenters. The number of aliphatic carboxylic acids is 1. The van der Waals surface area contributed by atoms with E-state index in [1.165, 1.54) is 0 Å². The minimum absolute atomic E-state index is 0. The Balaban J connectivity index is -0.000000149. The molecule has 0 aromatic heterocycles. The molecule has 0 radical (unpaired) electrons. The van der Waals surface area contributed by atoms with Gasteiger partial charge in [-0.05, 0) is 6.42 Å². The quantitative estimate of drug-likeness (QED) is 0.409. The SMILES string of the molecule is CCC(S)C(=O)O.CO.[CaH2]. The fraction of sp³-hybridized carbons (Fsp3) is 0.800. The number of hydrogen-bond donors (Lipinski definition) is 3. The predicted molar refractivity (Wildman–Crippen MR) is 47.4 cm³/mol. The van der Waals surface area contributed by atoms with E-state index in [0.717, 1.165) is 7.11 Å².